The number of nitro groups is 1. The molecule has 0 fully saturated rings. The molecule has 2 atom stereocenters. The van der Waals surface area contributed by atoms with Crippen LogP contribution in [0.5, 0.6) is 0 Å². The Hall–Kier alpha value is -3.07. The van der Waals surface area contributed by atoms with E-state index >= 15 is 0 Å². The first-order valence-corrected chi connectivity index (χ1v) is 9.99. The standard InChI is InChI=1S/C20H19N3O4S/c21-19(15-7-3-1-4-8-15)20(16-9-5-2-6-10-16)22-28(26,27)18-13-11-17(12-14-18)23(24)25/h1-14,19-20,22H,21H2/t19-,20-/m1/s1. The Morgan fingerprint density at radius 2 is 1.32 bits per heavy atom. The number of nitrogens with two attached hydrogens (primary N) is 1. The molecule has 0 saturated heterocycles. The summed E-state index contributed by atoms with van der Waals surface area (Å²) in [6.45, 7) is 0. The molecular formula is C20H19N3O4S. The fourth-order valence-corrected chi connectivity index (χ4v) is 4.11. The molecule has 3 N–H and O–H groups in total. The van der Waals surface area contributed by atoms with Crippen LogP contribution >= 0.6 is 0 Å². The van der Waals surface area contributed by atoms with Crippen molar-refractivity contribution in [1.82, 2.24) is 4.72 Å². The molecule has 0 amide bonds. The van der Waals surface area contributed by atoms with E-state index < -0.39 is 27.0 Å². The van der Waals surface area contributed by atoms with Crippen molar-refractivity contribution in [3.8, 4) is 0 Å². The monoisotopic (exact) mass is 397 g/mol. The second-order valence-electron chi connectivity index (χ2n) is 6.20. The lowest BCUT2D eigenvalue weighted by Gasteiger charge is -2.26. The maximum absolute atomic E-state index is 12.9. The molecule has 28 heavy (non-hydrogen) atoms. The summed E-state index contributed by atoms with van der Waals surface area (Å²) in [6, 6.07) is 21.6. The largest absolute Gasteiger partial charge is 0.322 e. The quantitative estimate of drug-likeness (QED) is 0.469. The maximum atomic E-state index is 12.9. The predicted octanol–water partition coefficient (Wildman–Crippen LogP) is 3.31. The van der Waals surface area contributed by atoms with E-state index in [-0.39, 0.29) is 10.6 Å². The Labute approximate surface area is 163 Å². The molecule has 0 saturated carbocycles. The molecule has 0 aliphatic rings. The number of nitrogens with one attached hydrogen (secondary N) is 1. The third-order valence-corrected chi connectivity index (χ3v) is 5.80. The summed E-state index contributed by atoms with van der Waals surface area (Å²) in [6.07, 6.45) is 0. The molecule has 0 unspecified atom stereocenters. The van der Waals surface area contributed by atoms with Crippen molar-refractivity contribution in [3.63, 3.8) is 0 Å². The van der Waals surface area contributed by atoms with Gasteiger partial charge >= 0.3 is 0 Å². The van der Waals surface area contributed by atoms with Gasteiger partial charge in [-0.25, -0.2) is 13.1 Å². The smallest absolute Gasteiger partial charge is 0.269 e. The first kappa shape index (κ1) is 19.7. The second kappa shape index (κ2) is 8.30. The number of rotatable bonds is 7. The minimum absolute atomic E-state index is 0.0701. The molecular weight excluding hydrogens is 378 g/mol. The molecule has 0 bridgehead atoms. The zero-order chi connectivity index (χ0) is 20.1. The van der Waals surface area contributed by atoms with Gasteiger partial charge < -0.3 is 5.73 Å². The summed E-state index contributed by atoms with van der Waals surface area (Å²) >= 11 is 0. The Kier molecular flexibility index (Phi) is 5.84. The van der Waals surface area contributed by atoms with E-state index in [9.17, 15) is 18.5 Å². The van der Waals surface area contributed by atoms with Crippen LogP contribution in [0.1, 0.15) is 23.2 Å². The van der Waals surface area contributed by atoms with E-state index in [1.54, 1.807) is 24.3 Å². The highest BCUT2D eigenvalue weighted by Crippen LogP contribution is 2.29. The summed E-state index contributed by atoms with van der Waals surface area (Å²) in [5.74, 6) is 0. The zero-order valence-corrected chi connectivity index (χ0v) is 15.6. The van der Waals surface area contributed by atoms with Crippen LogP contribution < -0.4 is 10.5 Å². The maximum Gasteiger partial charge on any atom is 0.269 e. The van der Waals surface area contributed by atoms with E-state index in [1.807, 2.05) is 36.4 Å². The highest BCUT2D eigenvalue weighted by molar-refractivity contribution is 7.89. The number of sulfonamides is 1. The molecule has 0 spiro atoms. The molecule has 3 rings (SSSR count). The van der Waals surface area contributed by atoms with Crippen molar-refractivity contribution in [2.24, 2.45) is 5.73 Å². The van der Waals surface area contributed by atoms with Crippen LogP contribution in [0.25, 0.3) is 0 Å². The lowest BCUT2D eigenvalue weighted by molar-refractivity contribution is -0.384. The zero-order valence-electron chi connectivity index (χ0n) is 14.8. The number of nitro benzene ring substituents is 1. The summed E-state index contributed by atoms with van der Waals surface area (Å²) in [5, 5.41) is 10.8. The van der Waals surface area contributed by atoms with Gasteiger partial charge in [0.2, 0.25) is 10.0 Å². The van der Waals surface area contributed by atoms with Crippen molar-refractivity contribution in [3.05, 3.63) is 106 Å². The molecule has 0 aromatic heterocycles. The Morgan fingerprint density at radius 3 is 1.82 bits per heavy atom. The number of nitrogens with zero attached hydrogens (tertiary/aromatic N) is 1. The normalized spacial score (nSPS) is 13.6. The minimum Gasteiger partial charge on any atom is -0.322 e. The van der Waals surface area contributed by atoms with Crippen LogP contribution in [0, 0.1) is 10.1 Å². The van der Waals surface area contributed by atoms with Crippen LogP contribution in [-0.2, 0) is 10.0 Å². The lowest BCUT2D eigenvalue weighted by Crippen LogP contribution is -2.36. The fourth-order valence-electron chi connectivity index (χ4n) is 2.86. The topological polar surface area (TPSA) is 115 Å². The van der Waals surface area contributed by atoms with Gasteiger partial charge in [0.15, 0.2) is 0 Å². The van der Waals surface area contributed by atoms with Crippen LogP contribution in [0.3, 0.4) is 0 Å². The van der Waals surface area contributed by atoms with Crippen molar-refractivity contribution < 1.29 is 13.3 Å². The highest BCUT2D eigenvalue weighted by Gasteiger charge is 2.27. The van der Waals surface area contributed by atoms with Gasteiger partial charge in [0.25, 0.3) is 5.69 Å². The summed E-state index contributed by atoms with van der Waals surface area (Å²) < 4.78 is 28.4. The van der Waals surface area contributed by atoms with Gasteiger partial charge in [-0.05, 0) is 23.3 Å². The molecule has 3 aromatic carbocycles. The van der Waals surface area contributed by atoms with Gasteiger partial charge in [-0.1, -0.05) is 60.7 Å². The molecule has 7 nitrogen and oxygen atoms in total. The highest BCUT2D eigenvalue weighted by atomic mass is 32.2. The molecule has 0 aliphatic carbocycles. The van der Waals surface area contributed by atoms with Crippen LogP contribution in [0.2, 0.25) is 0 Å². The Morgan fingerprint density at radius 1 is 0.821 bits per heavy atom. The SMILES string of the molecule is N[C@H](c1ccccc1)[C@H](NS(=O)(=O)c1ccc([N+](=O)[O-])cc1)c1ccccc1. The third kappa shape index (κ3) is 4.42. The summed E-state index contributed by atoms with van der Waals surface area (Å²) in [4.78, 5) is 10.1. The molecule has 0 aliphatic heterocycles. The van der Waals surface area contributed by atoms with Crippen molar-refractivity contribution in [2.45, 2.75) is 17.0 Å². The Bertz CT molecular complexity index is 1040. The van der Waals surface area contributed by atoms with Crippen LogP contribution in [0.4, 0.5) is 5.69 Å². The fraction of sp³-hybridized carbons (Fsp3) is 0.100. The minimum atomic E-state index is -3.96. The van der Waals surface area contributed by atoms with Crippen molar-refractivity contribution >= 4 is 15.7 Å². The molecule has 3 aromatic rings. The van der Waals surface area contributed by atoms with E-state index in [0.717, 1.165) is 17.7 Å². The van der Waals surface area contributed by atoms with Gasteiger partial charge in [0, 0.05) is 12.1 Å². The molecule has 0 heterocycles. The van der Waals surface area contributed by atoms with Gasteiger partial charge in [-0.15, -0.1) is 0 Å². The average Bonchev–Trinajstić information content (AvgIpc) is 2.73. The van der Waals surface area contributed by atoms with E-state index in [0.29, 0.717) is 5.56 Å². The van der Waals surface area contributed by atoms with Crippen LogP contribution in [0.15, 0.2) is 89.8 Å². The number of hydrogen-bond acceptors (Lipinski definition) is 5. The predicted molar refractivity (Wildman–Crippen MR) is 106 cm³/mol. The van der Waals surface area contributed by atoms with E-state index in [2.05, 4.69) is 4.72 Å². The van der Waals surface area contributed by atoms with Gasteiger partial charge in [-0.2, -0.15) is 0 Å². The number of non-ortho nitro benzene ring substituents is 1. The van der Waals surface area contributed by atoms with E-state index in [4.69, 9.17) is 5.73 Å². The second-order valence-corrected chi connectivity index (χ2v) is 7.91. The average molecular weight is 397 g/mol. The Balaban J connectivity index is 1.95. The van der Waals surface area contributed by atoms with Crippen LogP contribution in [-0.4, -0.2) is 13.3 Å². The van der Waals surface area contributed by atoms with Crippen molar-refractivity contribution in [2.75, 3.05) is 0 Å². The van der Waals surface area contributed by atoms with Gasteiger partial charge in [0.05, 0.1) is 21.9 Å². The molecule has 8 heteroatoms. The van der Waals surface area contributed by atoms with Gasteiger partial charge in [-0.3, -0.25) is 10.1 Å². The summed E-state index contributed by atoms with van der Waals surface area (Å²) in [7, 11) is -3.96. The van der Waals surface area contributed by atoms with Crippen molar-refractivity contribution in [1.29, 1.82) is 0 Å². The van der Waals surface area contributed by atoms with E-state index in [1.165, 1.54) is 12.1 Å². The third-order valence-electron chi connectivity index (χ3n) is 4.34. The number of benzene rings is 3. The summed E-state index contributed by atoms with van der Waals surface area (Å²) in [5.41, 5.74) is 7.72. The van der Waals surface area contributed by atoms with Gasteiger partial charge in [0.1, 0.15) is 0 Å². The number of hydrogen-bond donors (Lipinski definition) is 2. The molecule has 144 valence electrons. The molecule has 0 radical (unpaired) electrons. The first-order valence-electron chi connectivity index (χ1n) is 8.51. The first-order chi connectivity index (χ1) is 13.4. The lowest BCUT2D eigenvalue weighted by atomic mass is 9.95.